The molecule has 0 aliphatic heterocycles. The number of carbonyl (C=O) groups is 1. The number of nitrogens with one attached hydrogen (secondary N) is 2. The summed E-state index contributed by atoms with van der Waals surface area (Å²) in [6.45, 7) is 6.76. The molecular weight excluding hydrogens is 340 g/mol. The van der Waals surface area contributed by atoms with Crippen LogP contribution in [0.3, 0.4) is 0 Å². The van der Waals surface area contributed by atoms with E-state index in [-0.39, 0.29) is 11.6 Å². The van der Waals surface area contributed by atoms with Gasteiger partial charge in [-0.2, -0.15) is 0 Å². The number of carbonyl (C=O) groups excluding carboxylic acids is 1. The van der Waals surface area contributed by atoms with Crippen molar-refractivity contribution in [3.63, 3.8) is 0 Å². The Labute approximate surface area is 131 Å². The second kappa shape index (κ2) is 7.92. The van der Waals surface area contributed by atoms with E-state index >= 15 is 0 Å². The fraction of sp³-hybridized carbons (Fsp3) is 0.538. The first-order valence-corrected chi connectivity index (χ1v) is 7.42. The minimum Gasteiger partial charge on any atom is -0.369 e. The molecular formula is C13H19BrN4O3. The predicted molar refractivity (Wildman–Crippen MR) is 84.3 cm³/mol. The van der Waals surface area contributed by atoms with Crippen molar-refractivity contribution >= 4 is 33.3 Å². The highest BCUT2D eigenvalue weighted by Gasteiger charge is 2.17. The maximum absolute atomic E-state index is 11.6. The topological polar surface area (TPSA) is 97.2 Å². The van der Waals surface area contributed by atoms with E-state index in [0.717, 1.165) is 0 Å². The zero-order chi connectivity index (χ0) is 16.0. The Morgan fingerprint density at radius 1 is 1.52 bits per heavy atom. The highest BCUT2D eigenvalue weighted by Crippen LogP contribution is 2.30. The van der Waals surface area contributed by atoms with Crippen LogP contribution in [0.2, 0.25) is 0 Å². The van der Waals surface area contributed by atoms with Gasteiger partial charge in [-0.05, 0) is 28.8 Å². The van der Waals surface area contributed by atoms with Crippen LogP contribution < -0.4 is 10.6 Å². The normalized spacial score (nSPS) is 10.5. The van der Waals surface area contributed by atoms with E-state index in [1.54, 1.807) is 6.92 Å². The lowest BCUT2D eigenvalue weighted by Crippen LogP contribution is -2.28. The van der Waals surface area contributed by atoms with Gasteiger partial charge in [-0.15, -0.1) is 0 Å². The molecule has 1 rings (SSSR count). The van der Waals surface area contributed by atoms with E-state index in [1.807, 2.05) is 13.8 Å². The van der Waals surface area contributed by atoms with Gasteiger partial charge in [0, 0.05) is 25.1 Å². The lowest BCUT2D eigenvalue weighted by atomic mass is 10.2. The third-order valence-electron chi connectivity index (χ3n) is 2.79. The number of rotatable bonds is 7. The quantitative estimate of drug-likeness (QED) is 0.576. The monoisotopic (exact) mass is 358 g/mol. The van der Waals surface area contributed by atoms with Crippen molar-refractivity contribution in [1.82, 2.24) is 10.3 Å². The maximum atomic E-state index is 11.6. The summed E-state index contributed by atoms with van der Waals surface area (Å²) in [5.41, 5.74) is 0.462. The van der Waals surface area contributed by atoms with Crippen molar-refractivity contribution < 1.29 is 9.72 Å². The molecule has 0 atom stereocenters. The number of nitrogens with zero attached hydrogens (tertiary/aromatic N) is 2. The number of halogens is 1. The van der Waals surface area contributed by atoms with Gasteiger partial charge >= 0.3 is 0 Å². The minimum atomic E-state index is -0.476. The molecule has 0 saturated heterocycles. The summed E-state index contributed by atoms with van der Waals surface area (Å²) in [6, 6.07) is 0. The smallest absolute Gasteiger partial charge is 0.291 e. The molecule has 1 heterocycles. The third kappa shape index (κ3) is 5.30. The number of pyridine rings is 1. The van der Waals surface area contributed by atoms with Gasteiger partial charge in [-0.25, -0.2) is 4.98 Å². The van der Waals surface area contributed by atoms with Gasteiger partial charge in [0.2, 0.25) is 5.91 Å². The van der Waals surface area contributed by atoms with Crippen LogP contribution in [0.1, 0.15) is 25.8 Å². The number of aromatic nitrogens is 1. The molecule has 1 aromatic rings. The second-order valence-electron chi connectivity index (χ2n) is 5.06. The third-order valence-corrected chi connectivity index (χ3v) is 3.76. The minimum absolute atomic E-state index is 0.0362. The Morgan fingerprint density at radius 2 is 2.19 bits per heavy atom. The Kier molecular flexibility index (Phi) is 6.54. The molecule has 0 unspecified atom stereocenters. The summed E-state index contributed by atoms with van der Waals surface area (Å²) < 4.78 is 0.541. The first-order valence-electron chi connectivity index (χ1n) is 6.63. The van der Waals surface area contributed by atoms with Crippen molar-refractivity contribution in [2.75, 3.05) is 18.4 Å². The first kappa shape index (κ1) is 17.4. The van der Waals surface area contributed by atoms with Crippen LogP contribution in [0, 0.1) is 23.0 Å². The summed E-state index contributed by atoms with van der Waals surface area (Å²) in [6.07, 6.45) is 1.53. The lowest BCUT2D eigenvalue weighted by molar-refractivity contribution is -0.385. The van der Waals surface area contributed by atoms with Gasteiger partial charge in [0.1, 0.15) is 12.0 Å². The van der Waals surface area contributed by atoms with Crippen molar-refractivity contribution in [3.8, 4) is 0 Å². The molecule has 8 heteroatoms. The van der Waals surface area contributed by atoms with Gasteiger partial charge in [0.25, 0.3) is 5.69 Å². The molecule has 0 bridgehead atoms. The van der Waals surface area contributed by atoms with E-state index in [2.05, 4.69) is 31.5 Å². The van der Waals surface area contributed by atoms with Crippen LogP contribution in [0.5, 0.6) is 0 Å². The maximum Gasteiger partial charge on any atom is 0.291 e. The summed E-state index contributed by atoms with van der Waals surface area (Å²) in [5, 5.41) is 16.6. The first-order chi connectivity index (χ1) is 9.82. The van der Waals surface area contributed by atoms with Crippen molar-refractivity contribution in [1.29, 1.82) is 0 Å². The van der Waals surface area contributed by atoms with Gasteiger partial charge in [-0.1, -0.05) is 13.8 Å². The molecule has 0 spiro atoms. The summed E-state index contributed by atoms with van der Waals surface area (Å²) >= 11 is 3.29. The Morgan fingerprint density at radius 3 is 2.76 bits per heavy atom. The number of amides is 1. The largest absolute Gasteiger partial charge is 0.369 e. The van der Waals surface area contributed by atoms with Gasteiger partial charge in [0.05, 0.1) is 9.40 Å². The van der Waals surface area contributed by atoms with Crippen LogP contribution in [-0.4, -0.2) is 28.9 Å². The molecule has 0 aliphatic carbocycles. The lowest BCUT2D eigenvalue weighted by Gasteiger charge is -2.10. The van der Waals surface area contributed by atoms with Crippen LogP contribution in [0.4, 0.5) is 11.5 Å². The van der Waals surface area contributed by atoms with Gasteiger partial charge < -0.3 is 10.6 Å². The van der Waals surface area contributed by atoms with Crippen LogP contribution in [0.25, 0.3) is 0 Å². The average Bonchev–Trinajstić information content (AvgIpc) is 2.41. The van der Waals surface area contributed by atoms with Crippen molar-refractivity contribution in [3.05, 3.63) is 26.3 Å². The highest BCUT2D eigenvalue weighted by molar-refractivity contribution is 9.10. The zero-order valence-corrected chi connectivity index (χ0v) is 13.9. The average molecular weight is 359 g/mol. The molecule has 1 amide bonds. The molecule has 0 aliphatic rings. The molecule has 0 fully saturated rings. The number of nitro groups is 1. The van der Waals surface area contributed by atoms with E-state index < -0.39 is 4.92 Å². The van der Waals surface area contributed by atoms with Crippen molar-refractivity contribution in [2.24, 2.45) is 5.92 Å². The van der Waals surface area contributed by atoms with E-state index in [9.17, 15) is 14.9 Å². The molecule has 1 aromatic heterocycles. The highest BCUT2D eigenvalue weighted by atomic mass is 79.9. The summed E-state index contributed by atoms with van der Waals surface area (Å²) in [7, 11) is 0. The Hall–Kier alpha value is -1.70. The van der Waals surface area contributed by atoms with Crippen LogP contribution >= 0.6 is 15.9 Å². The fourth-order valence-corrected chi connectivity index (χ4v) is 2.02. The summed E-state index contributed by atoms with van der Waals surface area (Å²) in [5.74, 6) is 0.871. The predicted octanol–water partition coefficient (Wildman–Crippen LogP) is 2.63. The SMILES string of the molecule is Cc1c([N+](=O)[O-])cnc(NCCC(=O)NCC(C)C)c1Br. The molecule has 2 N–H and O–H groups in total. The second-order valence-corrected chi connectivity index (χ2v) is 5.86. The fourth-order valence-electron chi connectivity index (χ4n) is 1.58. The molecule has 0 radical (unpaired) electrons. The molecule has 7 nitrogen and oxygen atoms in total. The van der Waals surface area contributed by atoms with Gasteiger partial charge in [0.15, 0.2) is 0 Å². The van der Waals surface area contributed by atoms with Crippen LogP contribution in [0.15, 0.2) is 10.7 Å². The molecule has 21 heavy (non-hydrogen) atoms. The number of hydrogen-bond donors (Lipinski definition) is 2. The van der Waals surface area contributed by atoms with Gasteiger partial charge in [-0.3, -0.25) is 14.9 Å². The van der Waals surface area contributed by atoms with E-state index in [0.29, 0.717) is 41.3 Å². The Bertz CT molecular complexity index is 534. The van der Waals surface area contributed by atoms with Crippen LogP contribution in [-0.2, 0) is 4.79 Å². The van der Waals surface area contributed by atoms with Crippen molar-refractivity contribution in [2.45, 2.75) is 27.2 Å². The van der Waals surface area contributed by atoms with E-state index in [1.165, 1.54) is 6.20 Å². The van der Waals surface area contributed by atoms with E-state index in [4.69, 9.17) is 0 Å². The zero-order valence-electron chi connectivity index (χ0n) is 12.3. The summed E-state index contributed by atoms with van der Waals surface area (Å²) in [4.78, 5) is 25.9. The number of anilines is 1. The number of hydrogen-bond acceptors (Lipinski definition) is 5. The standard InChI is InChI=1S/C13H19BrN4O3/c1-8(2)6-16-11(19)4-5-15-13-12(14)9(3)10(7-17-13)18(20)21/h7-8H,4-6H2,1-3H3,(H,15,17)(H,16,19). The molecule has 0 saturated carbocycles. The Balaban J connectivity index is 2.55. The molecule has 0 aromatic carbocycles. The molecule has 116 valence electrons.